The molecule has 0 amide bonds. The molecule has 2 rings (SSSR count). The van der Waals surface area contributed by atoms with E-state index in [-0.39, 0.29) is 0 Å². The Morgan fingerprint density at radius 3 is 2.46 bits per heavy atom. The van der Waals surface area contributed by atoms with Gasteiger partial charge in [-0.15, -0.1) is 0 Å². The Labute approximate surface area is 80.7 Å². The summed E-state index contributed by atoms with van der Waals surface area (Å²) in [6.45, 7) is 9.23. The van der Waals surface area contributed by atoms with E-state index in [1.165, 1.54) is 38.6 Å². The third kappa shape index (κ3) is 2.03. The summed E-state index contributed by atoms with van der Waals surface area (Å²) < 4.78 is 0. The Morgan fingerprint density at radius 1 is 1.08 bits per heavy atom. The first-order valence-electron chi connectivity index (χ1n) is 5.51. The summed E-state index contributed by atoms with van der Waals surface area (Å²) in [6.07, 6.45) is 8.11. The molecule has 1 unspecified atom stereocenters. The summed E-state index contributed by atoms with van der Waals surface area (Å²) in [5.41, 5.74) is 0. The van der Waals surface area contributed by atoms with Gasteiger partial charge in [0.25, 0.3) is 0 Å². The average Bonchev–Trinajstić information content (AvgIpc) is 2.67. The lowest BCUT2D eigenvalue weighted by atomic mass is 9.94. The lowest BCUT2D eigenvalue weighted by Crippen LogP contribution is -2.35. The molecule has 2 nitrogen and oxygen atoms in total. The number of hydrogen-bond donors (Lipinski definition) is 0. The van der Waals surface area contributed by atoms with Gasteiger partial charge in [0.05, 0.1) is 6.54 Å². The van der Waals surface area contributed by atoms with Gasteiger partial charge in [0.1, 0.15) is 0 Å². The van der Waals surface area contributed by atoms with Gasteiger partial charge in [-0.2, -0.15) is 0 Å². The maximum Gasteiger partial charge on any atom is 0.237 e. The molecule has 0 spiro atoms. The van der Waals surface area contributed by atoms with Crippen molar-refractivity contribution in [2.75, 3.05) is 13.1 Å². The average molecular weight is 178 g/mol. The van der Waals surface area contributed by atoms with Gasteiger partial charge in [-0.3, -0.25) is 4.90 Å². The highest BCUT2D eigenvalue weighted by Gasteiger charge is 2.31. The maximum atomic E-state index is 7.00. The molecule has 0 aromatic heterocycles. The zero-order valence-electron chi connectivity index (χ0n) is 8.21. The van der Waals surface area contributed by atoms with E-state index in [2.05, 4.69) is 9.74 Å². The molecule has 0 radical (unpaired) electrons. The monoisotopic (exact) mass is 178 g/mol. The first-order chi connectivity index (χ1) is 6.40. The van der Waals surface area contributed by atoms with E-state index < -0.39 is 0 Å². The summed E-state index contributed by atoms with van der Waals surface area (Å²) in [6, 6.07) is 1.13. The highest BCUT2D eigenvalue weighted by Crippen LogP contribution is 2.26. The summed E-state index contributed by atoms with van der Waals surface area (Å²) in [7, 11) is 0. The molecule has 1 saturated carbocycles. The molecule has 0 aromatic rings. The number of rotatable bonds is 1. The van der Waals surface area contributed by atoms with Crippen molar-refractivity contribution < 1.29 is 0 Å². The minimum absolute atomic E-state index is 0.307. The van der Waals surface area contributed by atoms with Crippen molar-refractivity contribution in [2.45, 2.75) is 50.6 Å². The van der Waals surface area contributed by atoms with E-state index >= 15 is 0 Å². The standard InChI is InChI=1S/C11H18N2/c1-12-10-7-8-13(9-10)11-5-3-2-4-6-11/h10-11H,2-9H2. The quantitative estimate of drug-likeness (QED) is 0.559. The Bertz CT molecular complexity index is 201. The summed E-state index contributed by atoms with van der Waals surface area (Å²) in [5, 5.41) is 0. The molecule has 0 N–H and O–H groups in total. The molecule has 0 bridgehead atoms. The minimum Gasteiger partial charge on any atom is -0.312 e. The highest BCUT2D eigenvalue weighted by molar-refractivity contribution is 4.92. The van der Waals surface area contributed by atoms with Crippen LogP contribution in [-0.2, 0) is 0 Å². The van der Waals surface area contributed by atoms with Gasteiger partial charge >= 0.3 is 0 Å². The van der Waals surface area contributed by atoms with Crippen molar-refractivity contribution in [3.63, 3.8) is 0 Å². The van der Waals surface area contributed by atoms with E-state index in [4.69, 9.17) is 6.57 Å². The highest BCUT2D eigenvalue weighted by atomic mass is 15.2. The second kappa shape index (κ2) is 4.11. The second-order valence-electron chi connectivity index (χ2n) is 4.36. The summed E-state index contributed by atoms with van der Waals surface area (Å²) in [4.78, 5) is 6.20. The molecule has 1 aliphatic heterocycles. The van der Waals surface area contributed by atoms with Crippen LogP contribution in [0.25, 0.3) is 4.85 Å². The van der Waals surface area contributed by atoms with Crippen LogP contribution in [-0.4, -0.2) is 30.1 Å². The maximum absolute atomic E-state index is 7.00. The number of hydrogen-bond acceptors (Lipinski definition) is 1. The fraction of sp³-hybridized carbons (Fsp3) is 0.909. The molecule has 2 heteroatoms. The van der Waals surface area contributed by atoms with Crippen LogP contribution in [0.3, 0.4) is 0 Å². The molecule has 1 atom stereocenters. The normalized spacial score (nSPS) is 31.8. The smallest absolute Gasteiger partial charge is 0.237 e. The van der Waals surface area contributed by atoms with E-state index in [9.17, 15) is 0 Å². The summed E-state index contributed by atoms with van der Waals surface area (Å²) >= 11 is 0. The van der Waals surface area contributed by atoms with Crippen molar-refractivity contribution in [2.24, 2.45) is 0 Å². The van der Waals surface area contributed by atoms with Crippen molar-refractivity contribution >= 4 is 0 Å². The Hall–Kier alpha value is -0.550. The molecule has 72 valence electrons. The first-order valence-corrected chi connectivity index (χ1v) is 5.51. The SMILES string of the molecule is [C-]#[N+]C1CCN(C2CCCCC2)C1. The van der Waals surface area contributed by atoms with Crippen LogP contribution in [0.4, 0.5) is 0 Å². The van der Waals surface area contributed by atoms with Crippen LogP contribution in [0, 0.1) is 6.57 Å². The lowest BCUT2D eigenvalue weighted by molar-refractivity contribution is 0.191. The minimum atomic E-state index is 0.307. The van der Waals surface area contributed by atoms with Crippen molar-refractivity contribution in [1.29, 1.82) is 0 Å². The van der Waals surface area contributed by atoms with Gasteiger partial charge in [0, 0.05) is 19.0 Å². The van der Waals surface area contributed by atoms with Crippen molar-refractivity contribution in [3.05, 3.63) is 11.4 Å². The lowest BCUT2D eigenvalue weighted by Gasteiger charge is -2.29. The van der Waals surface area contributed by atoms with Gasteiger partial charge in [0.2, 0.25) is 6.04 Å². The van der Waals surface area contributed by atoms with E-state index in [0.717, 1.165) is 19.0 Å². The van der Waals surface area contributed by atoms with Gasteiger partial charge in [-0.05, 0) is 12.8 Å². The van der Waals surface area contributed by atoms with Gasteiger partial charge in [0.15, 0.2) is 0 Å². The predicted molar refractivity (Wildman–Crippen MR) is 53.5 cm³/mol. The molecular formula is C11H18N2. The third-order valence-electron chi connectivity index (χ3n) is 3.47. The van der Waals surface area contributed by atoms with Crippen LogP contribution in [0.15, 0.2) is 0 Å². The number of nitrogens with zero attached hydrogens (tertiary/aromatic N) is 2. The van der Waals surface area contributed by atoms with Crippen molar-refractivity contribution in [1.82, 2.24) is 4.90 Å². The summed E-state index contributed by atoms with van der Waals surface area (Å²) in [5.74, 6) is 0. The molecule has 13 heavy (non-hydrogen) atoms. The second-order valence-corrected chi connectivity index (χ2v) is 4.36. The van der Waals surface area contributed by atoms with Crippen molar-refractivity contribution in [3.8, 4) is 0 Å². The molecule has 1 saturated heterocycles. The fourth-order valence-corrected chi connectivity index (χ4v) is 2.65. The predicted octanol–water partition coefficient (Wildman–Crippen LogP) is 2.31. The molecule has 2 fully saturated rings. The Balaban J connectivity index is 1.84. The van der Waals surface area contributed by atoms with Crippen LogP contribution in [0.1, 0.15) is 38.5 Å². The third-order valence-corrected chi connectivity index (χ3v) is 3.47. The largest absolute Gasteiger partial charge is 0.312 e. The molecule has 1 aliphatic carbocycles. The van der Waals surface area contributed by atoms with E-state index in [1.807, 2.05) is 0 Å². The Kier molecular flexibility index (Phi) is 2.85. The fourth-order valence-electron chi connectivity index (χ4n) is 2.65. The van der Waals surface area contributed by atoms with Gasteiger partial charge < -0.3 is 4.85 Å². The van der Waals surface area contributed by atoms with E-state index in [0.29, 0.717) is 6.04 Å². The topological polar surface area (TPSA) is 7.60 Å². The van der Waals surface area contributed by atoms with Gasteiger partial charge in [-0.25, -0.2) is 6.57 Å². The zero-order chi connectivity index (χ0) is 9.10. The Morgan fingerprint density at radius 2 is 1.85 bits per heavy atom. The van der Waals surface area contributed by atoms with Crippen LogP contribution >= 0.6 is 0 Å². The molecule has 2 aliphatic rings. The number of likely N-dealkylation sites (tertiary alicyclic amines) is 1. The van der Waals surface area contributed by atoms with Crippen LogP contribution in [0.2, 0.25) is 0 Å². The van der Waals surface area contributed by atoms with Gasteiger partial charge in [-0.1, -0.05) is 19.3 Å². The van der Waals surface area contributed by atoms with E-state index in [1.54, 1.807) is 0 Å². The van der Waals surface area contributed by atoms with Crippen LogP contribution < -0.4 is 0 Å². The molecule has 1 heterocycles. The van der Waals surface area contributed by atoms with Crippen LogP contribution in [0.5, 0.6) is 0 Å². The first kappa shape index (κ1) is 9.02. The molecule has 0 aromatic carbocycles. The zero-order valence-corrected chi connectivity index (χ0v) is 8.21. The molecular weight excluding hydrogens is 160 g/mol.